The minimum absolute atomic E-state index is 0.287. The van der Waals surface area contributed by atoms with Crippen molar-refractivity contribution in [2.24, 2.45) is 5.73 Å². The number of pyridine rings is 1. The van der Waals surface area contributed by atoms with E-state index < -0.39 is 27.2 Å². The first kappa shape index (κ1) is 21.4. The predicted octanol–water partition coefficient (Wildman–Crippen LogP) is 3.67. The summed E-state index contributed by atoms with van der Waals surface area (Å²) in [4.78, 5) is 20.2. The number of hydrogen-bond donors (Lipinski definition) is 2. The maximum atomic E-state index is 13.8. The maximum Gasteiger partial charge on any atom is 0.248 e. The van der Waals surface area contributed by atoms with E-state index in [0.29, 0.717) is 40.8 Å². The SMILES string of the molecule is CC(C)(c1csc(NS(=O)(=O)C2CC2)n1)c1cc(C(N)=O)ccc1-c1cncc(F)c1. The molecule has 1 aliphatic carbocycles. The Labute approximate surface area is 183 Å². The molecule has 1 saturated carbocycles. The molecule has 10 heteroatoms. The van der Waals surface area contributed by atoms with Crippen LogP contribution in [0.25, 0.3) is 11.1 Å². The topological polar surface area (TPSA) is 115 Å². The smallest absolute Gasteiger partial charge is 0.248 e. The van der Waals surface area contributed by atoms with Crippen molar-refractivity contribution in [3.8, 4) is 11.1 Å². The van der Waals surface area contributed by atoms with E-state index in [1.165, 1.54) is 23.6 Å². The van der Waals surface area contributed by atoms with Gasteiger partial charge in [0.1, 0.15) is 5.82 Å². The number of thiazole rings is 1. The molecule has 7 nitrogen and oxygen atoms in total. The van der Waals surface area contributed by atoms with Gasteiger partial charge in [0.2, 0.25) is 15.9 Å². The van der Waals surface area contributed by atoms with Crippen LogP contribution in [0.15, 0.2) is 42.0 Å². The maximum absolute atomic E-state index is 13.8. The Morgan fingerprint density at radius 3 is 2.65 bits per heavy atom. The van der Waals surface area contributed by atoms with Crippen LogP contribution in [0.4, 0.5) is 9.52 Å². The van der Waals surface area contributed by atoms with Gasteiger partial charge in [0, 0.05) is 28.1 Å². The zero-order valence-corrected chi connectivity index (χ0v) is 18.6. The number of carbonyl (C=O) groups is 1. The Hall–Kier alpha value is -2.85. The Morgan fingerprint density at radius 1 is 1.26 bits per heavy atom. The molecular weight excluding hydrogens is 439 g/mol. The number of hydrogen-bond acceptors (Lipinski definition) is 6. The summed E-state index contributed by atoms with van der Waals surface area (Å²) >= 11 is 1.19. The summed E-state index contributed by atoms with van der Waals surface area (Å²) in [6.07, 6.45) is 3.97. The summed E-state index contributed by atoms with van der Waals surface area (Å²) in [5.41, 5.74) is 7.57. The van der Waals surface area contributed by atoms with E-state index in [9.17, 15) is 17.6 Å². The van der Waals surface area contributed by atoms with Gasteiger partial charge < -0.3 is 5.73 Å². The van der Waals surface area contributed by atoms with Gasteiger partial charge in [-0.3, -0.25) is 14.5 Å². The minimum atomic E-state index is -3.42. The molecule has 0 radical (unpaired) electrons. The molecule has 2 heterocycles. The lowest BCUT2D eigenvalue weighted by atomic mass is 9.77. The summed E-state index contributed by atoms with van der Waals surface area (Å²) in [6, 6.07) is 6.31. The number of nitrogens with one attached hydrogen (secondary N) is 1. The fourth-order valence-corrected chi connectivity index (χ4v) is 5.83. The van der Waals surface area contributed by atoms with Gasteiger partial charge in [-0.1, -0.05) is 19.9 Å². The highest BCUT2D eigenvalue weighted by Gasteiger charge is 2.37. The Kier molecular flexibility index (Phi) is 5.30. The Bertz CT molecular complexity index is 1270. The van der Waals surface area contributed by atoms with Crippen LogP contribution in [0.2, 0.25) is 0 Å². The molecule has 2 aromatic heterocycles. The van der Waals surface area contributed by atoms with Gasteiger partial charge in [0.15, 0.2) is 5.13 Å². The number of amides is 1. The normalized spacial score (nSPS) is 14.4. The van der Waals surface area contributed by atoms with Crippen molar-refractivity contribution in [1.29, 1.82) is 0 Å². The largest absolute Gasteiger partial charge is 0.366 e. The molecule has 3 aromatic rings. The van der Waals surface area contributed by atoms with Crippen LogP contribution in [-0.4, -0.2) is 29.5 Å². The third-order valence-corrected chi connectivity index (χ3v) is 8.04. The number of primary amides is 1. The predicted molar refractivity (Wildman–Crippen MR) is 118 cm³/mol. The number of carbonyl (C=O) groups excluding carboxylic acids is 1. The van der Waals surface area contributed by atoms with E-state index in [4.69, 9.17) is 5.73 Å². The third-order valence-electron chi connectivity index (χ3n) is 5.33. The van der Waals surface area contributed by atoms with Crippen molar-refractivity contribution in [3.63, 3.8) is 0 Å². The summed E-state index contributed by atoms with van der Waals surface area (Å²) in [6.45, 7) is 3.80. The number of aromatic nitrogens is 2. The molecule has 3 N–H and O–H groups in total. The standard InChI is InChI=1S/C21H21FN4O3S2/c1-21(2,18-11-30-20(25-18)26-31(28,29)15-4-5-15)17-8-12(19(23)27)3-6-16(17)13-7-14(22)10-24-9-13/h3,6-11,15H,4-5H2,1-2H3,(H2,23,27)(H,25,26). The van der Waals surface area contributed by atoms with Gasteiger partial charge in [-0.2, -0.15) is 0 Å². The quantitative estimate of drug-likeness (QED) is 0.558. The second-order valence-electron chi connectivity index (χ2n) is 8.03. The number of anilines is 1. The number of nitrogens with zero attached hydrogens (tertiary/aromatic N) is 2. The van der Waals surface area contributed by atoms with E-state index in [0.717, 1.165) is 6.20 Å². The molecule has 4 rings (SSSR count). The zero-order chi connectivity index (χ0) is 22.4. The lowest BCUT2D eigenvalue weighted by molar-refractivity contribution is 0.1000. The minimum Gasteiger partial charge on any atom is -0.366 e. The molecule has 0 atom stereocenters. The van der Waals surface area contributed by atoms with Crippen LogP contribution in [0.1, 0.15) is 48.3 Å². The van der Waals surface area contributed by atoms with E-state index in [-0.39, 0.29) is 10.4 Å². The van der Waals surface area contributed by atoms with Gasteiger partial charge >= 0.3 is 0 Å². The third kappa shape index (κ3) is 4.31. The first-order valence-corrected chi connectivity index (χ1v) is 12.0. The average Bonchev–Trinajstić information content (AvgIpc) is 3.48. The number of benzene rings is 1. The molecule has 1 fully saturated rings. The second-order valence-corrected chi connectivity index (χ2v) is 10.8. The van der Waals surface area contributed by atoms with Gasteiger partial charge in [0.05, 0.1) is 17.1 Å². The van der Waals surface area contributed by atoms with Crippen molar-refractivity contribution in [2.75, 3.05) is 4.72 Å². The average molecular weight is 461 g/mol. The fraction of sp³-hybridized carbons (Fsp3) is 0.286. The molecule has 0 aliphatic heterocycles. The van der Waals surface area contributed by atoms with Crippen molar-refractivity contribution in [1.82, 2.24) is 9.97 Å². The molecule has 1 aromatic carbocycles. The van der Waals surface area contributed by atoms with E-state index >= 15 is 0 Å². The van der Waals surface area contributed by atoms with Gasteiger partial charge in [-0.15, -0.1) is 11.3 Å². The fourth-order valence-electron chi connectivity index (χ4n) is 3.35. The first-order chi connectivity index (χ1) is 14.6. The van der Waals surface area contributed by atoms with Crippen molar-refractivity contribution in [3.05, 3.63) is 64.7 Å². The molecule has 0 spiro atoms. The molecule has 0 saturated heterocycles. The molecule has 162 valence electrons. The summed E-state index contributed by atoms with van der Waals surface area (Å²) in [5.74, 6) is -1.07. The Balaban J connectivity index is 1.78. The number of sulfonamides is 1. The molecule has 31 heavy (non-hydrogen) atoms. The molecule has 0 unspecified atom stereocenters. The van der Waals surface area contributed by atoms with Gasteiger partial charge in [-0.05, 0) is 42.2 Å². The molecule has 0 bridgehead atoms. The van der Waals surface area contributed by atoms with Crippen LogP contribution in [0.3, 0.4) is 0 Å². The monoisotopic (exact) mass is 460 g/mol. The summed E-state index contributed by atoms with van der Waals surface area (Å²) in [5, 5.41) is 1.71. The van der Waals surface area contributed by atoms with Crippen molar-refractivity contribution < 1.29 is 17.6 Å². The lowest BCUT2D eigenvalue weighted by Gasteiger charge is -2.27. The molecular formula is C21H21FN4O3S2. The highest BCUT2D eigenvalue weighted by molar-refractivity contribution is 7.93. The van der Waals surface area contributed by atoms with Gasteiger partial charge in [-0.25, -0.2) is 17.8 Å². The highest BCUT2D eigenvalue weighted by Crippen LogP contribution is 2.40. The van der Waals surface area contributed by atoms with Crippen LogP contribution >= 0.6 is 11.3 Å². The zero-order valence-electron chi connectivity index (χ0n) is 16.9. The highest BCUT2D eigenvalue weighted by atomic mass is 32.2. The summed E-state index contributed by atoms with van der Waals surface area (Å²) in [7, 11) is -3.42. The second kappa shape index (κ2) is 7.69. The molecule has 1 aliphatic rings. The van der Waals surface area contributed by atoms with Crippen LogP contribution in [0, 0.1) is 5.82 Å². The number of nitrogens with two attached hydrogens (primary N) is 1. The number of rotatable bonds is 7. The summed E-state index contributed by atoms with van der Waals surface area (Å²) < 4.78 is 40.9. The molecule has 1 amide bonds. The van der Waals surface area contributed by atoms with Crippen LogP contribution < -0.4 is 10.5 Å². The van der Waals surface area contributed by atoms with E-state index in [2.05, 4.69) is 14.7 Å². The Morgan fingerprint density at radius 2 is 2.00 bits per heavy atom. The number of halogens is 1. The van der Waals surface area contributed by atoms with E-state index in [1.54, 1.807) is 23.6 Å². The van der Waals surface area contributed by atoms with Crippen LogP contribution in [0.5, 0.6) is 0 Å². The lowest BCUT2D eigenvalue weighted by Crippen LogP contribution is -2.23. The van der Waals surface area contributed by atoms with Crippen molar-refractivity contribution in [2.45, 2.75) is 37.4 Å². The van der Waals surface area contributed by atoms with E-state index in [1.807, 2.05) is 13.8 Å². The van der Waals surface area contributed by atoms with Crippen LogP contribution in [-0.2, 0) is 15.4 Å². The van der Waals surface area contributed by atoms with Crippen molar-refractivity contribution >= 4 is 32.4 Å². The first-order valence-electron chi connectivity index (χ1n) is 9.61. The van der Waals surface area contributed by atoms with Gasteiger partial charge in [0.25, 0.3) is 0 Å².